The molecule has 2 rings (SSSR count). The molecule has 1 atom stereocenters. The van der Waals surface area contributed by atoms with E-state index in [1.807, 2.05) is 37.3 Å². The molecule has 2 amide bonds. The van der Waals surface area contributed by atoms with Gasteiger partial charge < -0.3 is 10.6 Å². The molecule has 21 heavy (non-hydrogen) atoms. The molecule has 0 unspecified atom stereocenters. The van der Waals surface area contributed by atoms with Gasteiger partial charge in [-0.3, -0.25) is 0 Å². The molecule has 0 aliphatic heterocycles. The zero-order valence-electron chi connectivity index (χ0n) is 11.6. The van der Waals surface area contributed by atoms with Crippen LogP contribution in [0.25, 0.3) is 0 Å². The number of hydrogen-bond donors (Lipinski definition) is 2. The van der Waals surface area contributed by atoms with Gasteiger partial charge in [0, 0.05) is 5.02 Å². The molecule has 5 heteroatoms. The Morgan fingerprint density at radius 3 is 2.57 bits per heavy atom. The van der Waals surface area contributed by atoms with E-state index in [2.05, 4.69) is 10.6 Å². The molecule has 110 valence electrons. The highest BCUT2D eigenvalue weighted by Crippen LogP contribution is 2.20. The molecule has 0 aromatic heterocycles. The van der Waals surface area contributed by atoms with Crippen LogP contribution in [-0.4, -0.2) is 6.03 Å². The number of carbonyl (C=O) groups excluding carboxylic acids is 1. The summed E-state index contributed by atoms with van der Waals surface area (Å²) in [6, 6.07) is 13.2. The number of urea groups is 1. The van der Waals surface area contributed by atoms with Gasteiger partial charge in [-0.05, 0) is 30.2 Å². The minimum absolute atomic E-state index is 0.0971. The van der Waals surface area contributed by atoms with Crippen LogP contribution in [0.4, 0.5) is 14.9 Å². The van der Waals surface area contributed by atoms with E-state index >= 15 is 0 Å². The number of rotatable bonds is 4. The Balaban J connectivity index is 2.03. The number of hydrogen-bond acceptors (Lipinski definition) is 1. The summed E-state index contributed by atoms with van der Waals surface area (Å²) in [5.41, 5.74) is 1.10. The third-order valence-electron chi connectivity index (χ3n) is 3.09. The van der Waals surface area contributed by atoms with Gasteiger partial charge in [0.25, 0.3) is 0 Å². The first-order chi connectivity index (χ1) is 10.1. The first-order valence-corrected chi connectivity index (χ1v) is 7.05. The van der Waals surface area contributed by atoms with E-state index in [1.54, 1.807) is 0 Å². The smallest absolute Gasteiger partial charge is 0.319 e. The average Bonchev–Trinajstić information content (AvgIpc) is 2.48. The number of benzene rings is 2. The van der Waals surface area contributed by atoms with Crippen molar-refractivity contribution in [2.24, 2.45) is 0 Å². The van der Waals surface area contributed by atoms with Crippen LogP contribution in [0.1, 0.15) is 24.9 Å². The van der Waals surface area contributed by atoms with Gasteiger partial charge in [-0.1, -0.05) is 48.9 Å². The molecule has 0 aliphatic rings. The number of halogens is 2. The van der Waals surface area contributed by atoms with Gasteiger partial charge in [0.15, 0.2) is 0 Å². The Morgan fingerprint density at radius 1 is 1.24 bits per heavy atom. The molecule has 0 heterocycles. The quantitative estimate of drug-likeness (QED) is 0.840. The fraction of sp³-hybridized carbons (Fsp3) is 0.188. The highest BCUT2D eigenvalue weighted by atomic mass is 35.5. The maximum Gasteiger partial charge on any atom is 0.319 e. The van der Waals surface area contributed by atoms with E-state index in [4.69, 9.17) is 11.6 Å². The Morgan fingerprint density at radius 2 is 1.95 bits per heavy atom. The molecule has 0 saturated heterocycles. The lowest BCUT2D eigenvalue weighted by Crippen LogP contribution is -2.32. The zero-order valence-corrected chi connectivity index (χ0v) is 12.3. The van der Waals surface area contributed by atoms with Gasteiger partial charge in [0.1, 0.15) is 5.82 Å². The Hall–Kier alpha value is -2.07. The molecule has 2 aromatic rings. The summed E-state index contributed by atoms with van der Waals surface area (Å²) >= 11 is 5.67. The standard InChI is InChI=1S/C16H16ClFN2O/c1-2-14(11-6-4-3-5-7-11)19-16(21)20-15-9-8-12(17)10-13(15)18/h3-10,14H,2H2,1H3,(H2,19,20,21)/t14-/m1/s1. The lowest BCUT2D eigenvalue weighted by Gasteiger charge is -2.18. The van der Waals surface area contributed by atoms with Gasteiger partial charge in [0.05, 0.1) is 11.7 Å². The van der Waals surface area contributed by atoms with E-state index in [9.17, 15) is 9.18 Å². The monoisotopic (exact) mass is 306 g/mol. The average molecular weight is 307 g/mol. The molecule has 0 aliphatic carbocycles. The highest BCUT2D eigenvalue weighted by molar-refractivity contribution is 6.30. The molecule has 2 aromatic carbocycles. The van der Waals surface area contributed by atoms with E-state index in [0.717, 1.165) is 18.1 Å². The predicted octanol–water partition coefficient (Wildman–Crippen LogP) is 4.75. The fourth-order valence-electron chi connectivity index (χ4n) is 2.01. The lowest BCUT2D eigenvalue weighted by atomic mass is 10.1. The van der Waals surface area contributed by atoms with Crippen LogP contribution in [0.15, 0.2) is 48.5 Å². The minimum Gasteiger partial charge on any atom is -0.331 e. The van der Waals surface area contributed by atoms with E-state index in [0.29, 0.717) is 0 Å². The largest absolute Gasteiger partial charge is 0.331 e. The van der Waals surface area contributed by atoms with Crippen LogP contribution >= 0.6 is 11.6 Å². The van der Waals surface area contributed by atoms with E-state index < -0.39 is 11.8 Å². The summed E-state index contributed by atoms with van der Waals surface area (Å²) in [6.45, 7) is 1.97. The van der Waals surface area contributed by atoms with Crippen LogP contribution in [0, 0.1) is 5.82 Å². The molecular weight excluding hydrogens is 291 g/mol. The second-order valence-electron chi connectivity index (χ2n) is 4.59. The van der Waals surface area contributed by atoms with E-state index in [-0.39, 0.29) is 16.8 Å². The van der Waals surface area contributed by atoms with Gasteiger partial charge in [-0.15, -0.1) is 0 Å². The summed E-state index contributed by atoms with van der Waals surface area (Å²) in [5, 5.41) is 5.60. The SMILES string of the molecule is CC[C@@H](NC(=O)Nc1ccc(Cl)cc1F)c1ccccc1. The Labute approximate surface area is 128 Å². The molecule has 0 fully saturated rings. The van der Waals surface area contributed by atoms with Gasteiger partial charge in [-0.25, -0.2) is 9.18 Å². The maximum absolute atomic E-state index is 13.6. The normalized spacial score (nSPS) is 11.8. The van der Waals surface area contributed by atoms with Crippen LogP contribution in [-0.2, 0) is 0 Å². The Bertz CT molecular complexity index is 619. The second-order valence-corrected chi connectivity index (χ2v) is 5.03. The molecule has 0 radical (unpaired) electrons. The van der Waals surface area contributed by atoms with Crippen LogP contribution in [0.3, 0.4) is 0 Å². The molecule has 0 spiro atoms. The minimum atomic E-state index is -0.564. The molecule has 0 saturated carbocycles. The summed E-state index contributed by atoms with van der Waals surface area (Å²) in [4.78, 5) is 12.0. The summed E-state index contributed by atoms with van der Waals surface area (Å²) in [5.74, 6) is -0.564. The van der Waals surface area contributed by atoms with Crippen LogP contribution < -0.4 is 10.6 Å². The van der Waals surface area contributed by atoms with Gasteiger partial charge >= 0.3 is 6.03 Å². The van der Waals surface area contributed by atoms with Crippen molar-refractivity contribution in [3.63, 3.8) is 0 Å². The first-order valence-electron chi connectivity index (χ1n) is 6.67. The molecule has 2 N–H and O–H groups in total. The van der Waals surface area contributed by atoms with Gasteiger partial charge in [0.2, 0.25) is 0 Å². The van der Waals surface area contributed by atoms with Crippen molar-refractivity contribution in [1.29, 1.82) is 0 Å². The van der Waals surface area contributed by atoms with Crippen LogP contribution in [0.2, 0.25) is 5.02 Å². The summed E-state index contributed by atoms with van der Waals surface area (Å²) in [7, 11) is 0. The van der Waals surface area contributed by atoms with Gasteiger partial charge in [-0.2, -0.15) is 0 Å². The first kappa shape index (κ1) is 15.3. The topological polar surface area (TPSA) is 41.1 Å². The lowest BCUT2D eigenvalue weighted by molar-refractivity contribution is 0.248. The molecular formula is C16H16ClFN2O. The van der Waals surface area contributed by atoms with Crippen LogP contribution in [0.5, 0.6) is 0 Å². The third-order valence-corrected chi connectivity index (χ3v) is 3.33. The van der Waals surface area contributed by atoms with Crippen molar-refractivity contribution < 1.29 is 9.18 Å². The van der Waals surface area contributed by atoms with Crippen molar-refractivity contribution in [3.8, 4) is 0 Å². The summed E-state index contributed by atoms with van der Waals surface area (Å²) < 4.78 is 13.6. The Kier molecular flexibility index (Phi) is 5.17. The molecule has 0 bridgehead atoms. The van der Waals surface area contributed by atoms with Crippen molar-refractivity contribution in [3.05, 3.63) is 64.9 Å². The highest BCUT2D eigenvalue weighted by Gasteiger charge is 2.13. The molecule has 3 nitrogen and oxygen atoms in total. The fourth-order valence-corrected chi connectivity index (χ4v) is 2.17. The van der Waals surface area contributed by atoms with Crippen molar-refractivity contribution in [2.75, 3.05) is 5.32 Å². The third kappa shape index (κ3) is 4.20. The zero-order chi connectivity index (χ0) is 15.2. The number of nitrogens with one attached hydrogen (secondary N) is 2. The van der Waals surface area contributed by atoms with E-state index in [1.165, 1.54) is 12.1 Å². The maximum atomic E-state index is 13.6. The summed E-state index contributed by atoms with van der Waals surface area (Å²) in [6.07, 6.45) is 0.737. The number of anilines is 1. The van der Waals surface area contributed by atoms with Crippen molar-refractivity contribution in [1.82, 2.24) is 5.32 Å². The number of carbonyl (C=O) groups is 1. The van der Waals surface area contributed by atoms with Crippen molar-refractivity contribution >= 4 is 23.3 Å². The predicted molar refractivity (Wildman–Crippen MR) is 83.0 cm³/mol. The van der Waals surface area contributed by atoms with Crippen molar-refractivity contribution in [2.45, 2.75) is 19.4 Å². The second kappa shape index (κ2) is 7.09. The number of amides is 2.